The molecule has 0 amide bonds. The molecule has 2 aromatic rings. The van der Waals surface area contributed by atoms with Gasteiger partial charge < -0.3 is 4.90 Å². The van der Waals surface area contributed by atoms with Crippen molar-refractivity contribution in [2.45, 2.75) is 38.7 Å². The summed E-state index contributed by atoms with van der Waals surface area (Å²) >= 11 is 5.09. The van der Waals surface area contributed by atoms with Crippen LogP contribution in [0.15, 0.2) is 24.3 Å². The SMILES string of the molecule is CN(Cc1ccc(N2CCCCC2)cc1)Cn1nc(C(F)(F)F)n(C)c1=S. The van der Waals surface area contributed by atoms with E-state index in [1.165, 1.54) is 36.7 Å². The van der Waals surface area contributed by atoms with Gasteiger partial charge in [0.15, 0.2) is 4.77 Å². The van der Waals surface area contributed by atoms with E-state index in [4.69, 9.17) is 12.2 Å². The van der Waals surface area contributed by atoms with Gasteiger partial charge >= 0.3 is 6.18 Å². The molecule has 148 valence electrons. The first-order chi connectivity index (χ1) is 12.8. The summed E-state index contributed by atoms with van der Waals surface area (Å²) in [5.41, 5.74) is 2.32. The normalized spacial score (nSPS) is 15.6. The Morgan fingerprint density at radius 3 is 2.30 bits per heavy atom. The van der Waals surface area contributed by atoms with Crippen molar-refractivity contribution >= 4 is 17.9 Å². The molecule has 1 aliphatic rings. The van der Waals surface area contributed by atoms with Crippen LogP contribution >= 0.6 is 12.2 Å². The van der Waals surface area contributed by atoms with Crippen molar-refractivity contribution in [3.63, 3.8) is 0 Å². The Morgan fingerprint density at radius 1 is 1.11 bits per heavy atom. The molecule has 0 unspecified atom stereocenters. The van der Waals surface area contributed by atoms with Crippen molar-refractivity contribution in [1.82, 2.24) is 19.2 Å². The maximum atomic E-state index is 13.0. The van der Waals surface area contributed by atoms with Gasteiger partial charge in [-0.25, -0.2) is 4.68 Å². The third kappa shape index (κ3) is 4.70. The van der Waals surface area contributed by atoms with Crippen LogP contribution in [-0.2, 0) is 26.4 Å². The Bertz CT molecular complexity index is 819. The molecule has 1 saturated heterocycles. The van der Waals surface area contributed by atoms with Crippen LogP contribution in [0, 0.1) is 4.77 Å². The third-order valence-corrected chi connectivity index (χ3v) is 5.26. The fourth-order valence-electron chi connectivity index (χ4n) is 3.38. The van der Waals surface area contributed by atoms with Crippen LogP contribution in [0.4, 0.5) is 18.9 Å². The number of aromatic nitrogens is 3. The largest absolute Gasteiger partial charge is 0.451 e. The molecule has 5 nitrogen and oxygen atoms in total. The molecule has 1 aromatic heterocycles. The second-order valence-corrected chi connectivity index (χ2v) is 7.40. The van der Waals surface area contributed by atoms with Crippen molar-refractivity contribution in [3.05, 3.63) is 40.4 Å². The molecule has 0 bridgehead atoms. The van der Waals surface area contributed by atoms with Crippen LogP contribution in [0.1, 0.15) is 30.7 Å². The van der Waals surface area contributed by atoms with Crippen molar-refractivity contribution in [2.24, 2.45) is 7.05 Å². The molecule has 0 saturated carbocycles. The smallest absolute Gasteiger partial charge is 0.372 e. The van der Waals surface area contributed by atoms with Gasteiger partial charge in [0, 0.05) is 32.4 Å². The first-order valence-corrected chi connectivity index (χ1v) is 9.40. The summed E-state index contributed by atoms with van der Waals surface area (Å²) in [7, 11) is 3.12. The summed E-state index contributed by atoms with van der Waals surface area (Å²) in [5.74, 6) is -0.980. The number of hydrogen-bond donors (Lipinski definition) is 0. The van der Waals surface area contributed by atoms with Gasteiger partial charge in [0.05, 0.1) is 6.67 Å². The standard InChI is InChI=1S/C18H24F3N5S/c1-23(13-26-17(27)24(2)16(22-26)18(19,20)21)12-14-6-8-15(9-7-14)25-10-4-3-5-11-25/h6-9H,3-5,10-13H2,1-2H3. The number of benzene rings is 1. The molecule has 9 heteroatoms. The summed E-state index contributed by atoms with van der Waals surface area (Å²) in [6, 6.07) is 8.36. The van der Waals surface area contributed by atoms with Crippen LogP contribution in [0.5, 0.6) is 0 Å². The Kier molecular flexibility index (Phi) is 5.90. The van der Waals surface area contributed by atoms with E-state index in [0.29, 0.717) is 6.54 Å². The molecular formula is C18H24F3N5S. The number of rotatable bonds is 5. The highest BCUT2D eigenvalue weighted by Crippen LogP contribution is 2.27. The first-order valence-electron chi connectivity index (χ1n) is 8.99. The van der Waals surface area contributed by atoms with Gasteiger partial charge in [-0.2, -0.15) is 13.2 Å². The highest BCUT2D eigenvalue weighted by Gasteiger charge is 2.37. The number of halogens is 3. The predicted molar refractivity (Wildman–Crippen MR) is 101 cm³/mol. The minimum absolute atomic E-state index is 0.0506. The highest BCUT2D eigenvalue weighted by molar-refractivity contribution is 7.71. The molecule has 27 heavy (non-hydrogen) atoms. The molecule has 1 aliphatic heterocycles. The van der Waals surface area contributed by atoms with Crippen LogP contribution in [0.3, 0.4) is 0 Å². The fraction of sp³-hybridized carbons (Fsp3) is 0.556. The zero-order valence-electron chi connectivity index (χ0n) is 15.5. The molecule has 0 spiro atoms. The van der Waals surface area contributed by atoms with Crippen molar-refractivity contribution in [3.8, 4) is 0 Å². The molecule has 3 rings (SSSR count). The van der Waals surface area contributed by atoms with Gasteiger partial charge in [-0.3, -0.25) is 9.47 Å². The monoisotopic (exact) mass is 399 g/mol. The fourth-order valence-corrected chi connectivity index (χ4v) is 3.57. The second-order valence-electron chi connectivity index (χ2n) is 7.03. The first kappa shape index (κ1) is 19.9. The van der Waals surface area contributed by atoms with E-state index in [2.05, 4.69) is 34.3 Å². The summed E-state index contributed by atoms with van der Waals surface area (Å²) in [4.78, 5) is 4.28. The van der Waals surface area contributed by atoms with E-state index in [1.54, 1.807) is 0 Å². The minimum atomic E-state index is -4.52. The molecule has 0 atom stereocenters. The van der Waals surface area contributed by atoms with E-state index in [-0.39, 0.29) is 11.4 Å². The predicted octanol–water partition coefficient (Wildman–Crippen LogP) is 4.05. The third-order valence-electron chi connectivity index (χ3n) is 4.78. The van der Waals surface area contributed by atoms with Gasteiger partial charge in [0.2, 0.25) is 5.82 Å². The van der Waals surface area contributed by atoms with Gasteiger partial charge in [0.1, 0.15) is 0 Å². The van der Waals surface area contributed by atoms with Crippen molar-refractivity contribution in [2.75, 3.05) is 25.0 Å². The Morgan fingerprint density at radius 2 is 1.74 bits per heavy atom. The Labute approximate surface area is 162 Å². The van der Waals surface area contributed by atoms with E-state index >= 15 is 0 Å². The molecule has 1 aromatic carbocycles. The average molecular weight is 399 g/mol. The lowest BCUT2D eigenvalue weighted by Gasteiger charge is -2.29. The van der Waals surface area contributed by atoms with Crippen LogP contribution in [0.25, 0.3) is 0 Å². The van der Waals surface area contributed by atoms with Crippen molar-refractivity contribution < 1.29 is 13.2 Å². The zero-order valence-corrected chi connectivity index (χ0v) is 16.4. The lowest BCUT2D eigenvalue weighted by molar-refractivity contribution is -0.147. The lowest BCUT2D eigenvalue weighted by atomic mass is 10.1. The Hall–Kier alpha value is -1.87. The quantitative estimate of drug-likeness (QED) is 0.710. The molecule has 0 aliphatic carbocycles. The molecule has 2 heterocycles. The van der Waals surface area contributed by atoms with Crippen LogP contribution in [-0.4, -0.2) is 39.4 Å². The van der Waals surface area contributed by atoms with Crippen LogP contribution in [0.2, 0.25) is 0 Å². The minimum Gasteiger partial charge on any atom is -0.372 e. The van der Waals surface area contributed by atoms with E-state index in [1.807, 2.05) is 11.9 Å². The summed E-state index contributed by atoms with van der Waals surface area (Å²) in [6.45, 7) is 2.98. The summed E-state index contributed by atoms with van der Waals surface area (Å²) in [6.07, 6.45) is -0.758. The molecular weight excluding hydrogens is 375 g/mol. The number of anilines is 1. The number of hydrogen-bond acceptors (Lipinski definition) is 4. The van der Waals surface area contributed by atoms with E-state index in [0.717, 1.165) is 23.2 Å². The van der Waals surface area contributed by atoms with Crippen LogP contribution < -0.4 is 4.90 Å². The topological polar surface area (TPSA) is 29.2 Å². The second kappa shape index (κ2) is 8.02. The maximum absolute atomic E-state index is 13.0. The highest BCUT2D eigenvalue weighted by atomic mass is 32.1. The van der Waals surface area contributed by atoms with Gasteiger partial charge in [-0.05, 0) is 56.2 Å². The van der Waals surface area contributed by atoms with Gasteiger partial charge in [0.25, 0.3) is 0 Å². The van der Waals surface area contributed by atoms with Crippen molar-refractivity contribution in [1.29, 1.82) is 0 Å². The lowest BCUT2D eigenvalue weighted by Crippen LogP contribution is -2.29. The van der Waals surface area contributed by atoms with E-state index < -0.39 is 12.0 Å². The summed E-state index contributed by atoms with van der Waals surface area (Å²) < 4.78 is 41.0. The molecule has 0 radical (unpaired) electrons. The van der Waals surface area contributed by atoms with Gasteiger partial charge in [-0.1, -0.05) is 12.1 Å². The number of piperidine rings is 1. The number of nitrogens with zero attached hydrogens (tertiary/aromatic N) is 5. The molecule has 1 fully saturated rings. The number of alkyl halides is 3. The maximum Gasteiger partial charge on any atom is 0.451 e. The van der Waals surface area contributed by atoms with Gasteiger partial charge in [-0.15, -0.1) is 5.10 Å². The summed E-state index contributed by atoms with van der Waals surface area (Å²) in [5, 5.41) is 3.64. The average Bonchev–Trinajstić information content (AvgIpc) is 2.91. The Balaban J connectivity index is 1.64. The molecule has 0 N–H and O–H groups in total. The zero-order chi connectivity index (χ0) is 19.6. The van der Waals surface area contributed by atoms with E-state index in [9.17, 15) is 13.2 Å².